The van der Waals surface area contributed by atoms with Crippen LogP contribution < -0.4 is 0 Å². The van der Waals surface area contributed by atoms with Crippen LogP contribution in [0.15, 0.2) is 41.0 Å². The molecule has 1 unspecified atom stereocenters. The lowest BCUT2D eigenvalue weighted by molar-refractivity contribution is -0.136. The van der Waals surface area contributed by atoms with E-state index in [2.05, 4.69) is 4.98 Å². The molecule has 4 rings (SSSR count). The minimum Gasteiger partial charge on any atom is -0.469 e. The Kier molecular flexibility index (Phi) is 4.56. The molecule has 1 spiro atoms. The van der Waals surface area contributed by atoms with E-state index < -0.39 is 0 Å². The fraction of sp³-hybridized carbons (Fsp3) is 0.474. The fourth-order valence-electron chi connectivity index (χ4n) is 3.51. The number of carbonyl (C=O) groups is 1. The van der Waals surface area contributed by atoms with Crippen LogP contribution in [0.4, 0.5) is 0 Å². The average molecular weight is 358 g/mol. The number of ether oxygens (including phenoxy) is 1. The third kappa shape index (κ3) is 3.75. The second-order valence-electron chi connectivity index (χ2n) is 6.91. The maximum Gasteiger partial charge on any atom is 0.230 e. The Balaban J connectivity index is 1.24. The van der Waals surface area contributed by atoms with Gasteiger partial charge in [-0.2, -0.15) is 0 Å². The summed E-state index contributed by atoms with van der Waals surface area (Å²) in [4.78, 5) is 18.7. The van der Waals surface area contributed by atoms with Crippen molar-refractivity contribution in [1.82, 2.24) is 9.88 Å². The van der Waals surface area contributed by atoms with Gasteiger partial charge in [0.25, 0.3) is 0 Å². The molecule has 1 amide bonds. The largest absolute Gasteiger partial charge is 0.469 e. The number of likely N-dealkylation sites (tertiary alicyclic amines) is 1. The highest BCUT2D eigenvalue weighted by molar-refractivity contribution is 8.01. The van der Waals surface area contributed by atoms with Crippen molar-refractivity contribution in [3.63, 3.8) is 0 Å². The first-order valence-corrected chi connectivity index (χ1v) is 9.59. The third-order valence-corrected chi connectivity index (χ3v) is 6.38. The number of hydrogen-bond donors (Lipinski definition) is 0. The van der Waals surface area contributed by atoms with Crippen molar-refractivity contribution < 1.29 is 13.9 Å². The van der Waals surface area contributed by atoms with E-state index in [9.17, 15) is 4.79 Å². The second kappa shape index (κ2) is 6.84. The zero-order chi connectivity index (χ0) is 17.3. The highest BCUT2D eigenvalue weighted by atomic mass is 32.2. The van der Waals surface area contributed by atoms with E-state index in [1.807, 2.05) is 53.9 Å². The number of amides is 1. The second-order valence-corrected chi connectivity index (χ2v) is 8.40. The minimum atomic E-state index is 0.148. The molecule has 0 bridgehead atoms. The Morgan fingerprint density at radius 2 is 2.28 bits per heavy atom. The summed E-state index contributed by atoms with van der Waals surface area (Å²) in [5, 5.41) is 0. The van der Waals surface area contributed by atoms with Crippen LogP contribution in [-0.4, -0.2) is 45.5 Å². The molecule has 2 aliphatic rings. The molecule has 0 saturated carbocycles. The van der Waals surface area contributed by atoms with Crippen LogP contribution in [0.3, 0.4) is 0 Å². The number of pyridine rings is 1. The lowest BCUT2D eigenvalue weighted by Crippen LogP contribution is -2.61. The van der Waals surface area contributed by atoms with Gasteiger partial charge in [0.1, 0.15) is 5.76 Å². The topological polar surface area (TPSA) is 55.6 Å². The molecule has 25 heavy (non-hydrogen) atoms. The number of carbonyl (C=O) groups excluding carboxylic acids is 1. The highest BCUT2D eigenvalue weighted by Gasteiger charge is 2.50. The van der Waals surface area contributed by atoms with Crippen LogP contribution in [0.25, 0.3) is 0 Å². The van der Waals surface area contributed by atoms with Crippen LogP contribution in [0, 0.1) is 6.92 Å². The van der Waals surface area contributed by atoms with Crippen molar-refractivity contribution in [3.05, 3.63) is 53.7 Å². The van der Waals surface area contributed by atoms with Gasteiger partial charge in [-0.15, -0.1) is 11.8 Å². The summed E-state index contributed by atoms with van der Waals surface area (Å²) in [5.74, 6) is 1.87. The predicted octanol–water partition coefficient (Wildman–Crippen LogP) is 2.83. The molecular formula is C19H22N2O3S. The first-order valence-electron chi connectivity index (χ1n) is 8.60. The SMILES string of the molecule is Cc1cccc(COC2CSC3(C2)CN(C(=O)Cc2ccco2)C3)n1. The van der Waals surface area contributed by atoms with Crippen LogP contribution in [-0.2, 0) is 22.6 Å². The molecule has 2 aromatic rings. The average Bonchev–Trinajstić information content (AvgIpc) is 3.21. The van der Waals surface area contributed by atoms with Crippen molar-refractivity contribution in [1.29, 1.82) is 0 Å². The maximum absolute atomic E-state index is 12.3. The van der Waals surface area contributed by atoms with E-state index in [0.29, 0.717) is 13.0 Å². The lowest BCUT2D eigenvalue weighted by Gasteiger charge is -2.47. The Morgan fingerprint density at radius 1 is 1.40 bits per heavy atom. The number of rotatable bonds is 5. The van der Waals surface area contributed by atoms with Crippen molar-refractivity contribution in [2.75, 3.05) is 18.8 Å². The first-order chi connectivity index (χ1) is 12.1. The minimum absolute atomic E-state index is 0.148. The summed E-state index contributed by atoms with van der Waals surface area (Å²) in [6, 6.07) is 9.68. The van der Waals surface area contributed by atoms with E-state index >= 15 is 0 Å². The smallest absolute Gasteiger partial charge is 0.230 e. The van der Waals surface area contributed by atoms with E-state index in [1.165, 1.54) is 0 Å². The Hall–Kier alpha value is -1.79. The molecule has 2 aliphatic heterocycles. The molecule has 6 heteroatoms. The van der Waals surface area contributed by atoms with Crippen LogP contribution in [0.2, 0.25) is 0 Å². The summed E-state index contributed by atoms with van der Waals surface area (Å²) in [5.41, 5.74) is 2.00. The Morgan fingerprint density at radius 3 is 3.04 bits per heavy atom. The summed E-state index contributed by atoms with van der Waals surface area (Å²) in [6.07, 6.45) is 3.22. The van der Waals surface area contributed by atoms with E-state index in [0.717, 1.165) is 42.4 Å². The molecule has 2 fully saturated rings. The zero-order valence-corrected chi connectivity index (χ0v) is 15.1. The molecule has 0 radical (unpaired) electrons. The van der Waals surface area contributed by atoms with Crippen LogP contribution >= 0.6 is 11.8 Å². The third-order valence-electron chi connectivity index (χ3n) is 4.80. The van der Waals surface area contributed by atoms with Gasteiger partial charge < -0.3 is 14.1 Å². The van der Waals surface area contributed by atoms with Gasteiger partial charge in [0, 0.05) is 24.5 Å². The number of nitrogens with zero attached hydrogens (tertiary/aromatic N) is 2. The van der Waals surface area contributed by atoms with E-state index in [-0.39, 0.29) is 16.8 Å². The quantitative estimate of drug-likeness (QED) is 0.823. The predicted molar refractivity (Wildman–Crippen MR) is 96.3 cm³/mol. The molecule has 4 heterocycles. The molecule has 0 N–H and O–H groups in total. The normalized spacial score (nSPS) is 21.5. The fourth-order valence-corrected chi connectivity index (χ4v) is 5.06. The van der Waals surface area contributed by atoms with Gasteiger partial charge >= 0.3 is 0 Å². The summed E-state index contributed by atoms with van der Waals surface area (Å²) >= 11 is 1.94. The zero-order valence-electron chi connectivity index (χ0n) is 14.3. The Labute approximate surface area is 151 Å². The molecular weight excluding hydrogens is 336 g/mol. The van der Waals surface area contributed by atoms with Gasteiger partial charge in [0.15, 0.2) is 0 Å². The van der Waals surface area contributed by atoms with Gasteiger partial charge in [-0.3, -0.25) is 9.78 Å². The van der Waals surface area contributed by atoms with Crippen molar-refractivity contribution in [2.24, 2.45) is 0 Å². The number of thioether (sulfide) groups is 1. The lowest BCUT2D eigenvalue weighted by atomic mass is 9.92. The highest BCUT2D eigenvalue weighted by Crippen LogP contribution is 2.46. The van der Waals surface area contributed by atoms with Gasteiger partial charge in [-0.25, -0.2) is 0 Å². The molecule has 2 aromatic heterocycles. The molecule has 0 aromatic carbocycles. The van der Waals surface area contributed by atoms with Gasteiger partial charge in [-0.1, -0.05) is 6.07 Å². The molecule has 132 valence electrons. The van der Waals surface area contributed by atoms with Crippen molar-refractivity contribution >= 4 is 17.7 Å². The van der Waals surface area contributed by atoms with E-state index in [4.69, 9.17) is 9.15 Å². The van der Waals surface area contributed by atoms with Crippen molar-refractivity contribution in [3.8, 4) is 0 Å². The molecule has 2 saturated heterocycles. The van der Waals surface area contributed by atoms with Gasteiger partial charge in [0.05, 0.1) is 35.8 Å². The van der Waals surface area contributed by atoms with Gasteiger partial charge in [0.2, 0.25) is 5.91 Å². The molecule has 0 aliphatic carbocycles. The van der Waals surface area contributed by atoms with Crippen LogP contribution in [0.1, 0.15) is 23.6 Å². The van der Waals surface area contributed by atoms with E-state index in [1.54, 1.807) is 6.26 Å². The summed E-state index contributed by atoms with van der Waals surface area (Å²) < 4.78 is 11.5. The maximum atomic E-state index is 12.3. The monoisotopic (exact) mass is 358 g/mol. The molecule has 5 nitrogen and oxygen atoms in total. The number of hydrogen-bond acceptors (Lipinski definition) is 5. The van der Waals surface area contributed by atoms with Crippen LogP contribution in [0.5, 0.6) is 0 Å². The molecule has 1 atom stereocenters. The van der Waals surface area contributed by atoms with Gasteiger partial charge in [-0.05, 0) is 37.6 Å². The number of aryl methyl sites for hydroxylation is 1. The Bertz CT molecular complexity index is 741. The number of furan rings is 1. The first kappa shape index (κ1) is 16.7. The standard InChI is InChI=1S/C19H22N2O3S/c1-14-4-2-5-15(20-14)10-24-17-9-19(25-11-17)12-21(13-19)18(22)8-16-6-3-7-23-16/h2-7,17H,8-13H2,1H3. The number of aromatic nitrogens is 1. The summed E-state index contributed by atoms with van der Waals surface area (Å²) in [6.45, 7) is 4.19. The summed E-state index contributed by atoms with van der Waals surface area (Å²) in [7, 11) is 0. The van der Waals surface area contributed by atoms with Crippen molar-refractivity contribution in [2.45, 2.75) is 37.2 Å².